The first-order chi connectivity index (χ1) is 7.81. The van der Waals surface area contributed by atoms with Crippen LogP contribution >= 0.6 is 0 Å². The molecular formula is C14H28N2. The van der Waals surface area contributed by atoms with Gasteiger partial charge in [-0.2, -0.15) is 0 Å². The van der Waals surface area contributed by atoms with Gasteiger partial charge >= 0.3 is 0 Å². The third-order valence-corrected chi connectivity index (χ3v) is 4.80. The quantitative estimate of drug-likeness (QED) is 0.770. The van der Waals surface area contributed by atoms with Gasteiger partial charge in [0.2, 0.25) is 0 Å². The third kappa shape index (κ3) is 2.98. The van der Waals surface area contributed by atoms with Gasteiger partial charge in [-0.25, -0.2) is 0 Å². The van der Waals surface area contributed by atoms with E-state index in [1.807, 2.05) is 0 Å². The second kappa shape index (κ2) is 6.02. The Labute approximate surface area is 100 Å². The first kappa shape index (κ1) is 12.4. The zero-order chi connectivity index (χ0) is 11.4. The number of rotatable bonds is 4. The van der Waals surface area contributed by atoms with Crippen molar-refractivity contribution in [3.63, 3.8) is 0 Å². The molecule has 0 aliphatic heterocycles. The molecule has 2 unspecified atom stereocenters. The highest BCUT2D eigenvalue weighted by atomic mass is 15.0. The lowest BCUT2D eigenvalue weighted by Gasteiger charge is -2.35. The van der Waals surface area contributed by atoms with Crippen molar-refractivity contribution in [3.8, 4) is 0 Å². The zero-order valence-electron chi connectivity index (χ0n) is 10.8. The highest BCUT2D eigenvalue weighted by molar-refractivity contribution is 4.86. The number of nitrogens with two attached hydrogens (primary N) is 1. The van der Waals surface area contributed by atoms with Crippen molar-refractivity contribution in [2.75, 3.05) is 6.54 Å². The Morgan fingerprint density at radius 1 is 1.06 bits per heavy atom. The van der Waals surface area contributed by atoms with Crippen LogP contribution < -0.4 is 11.1 Å². The van der Waals surface area contributed by atoms with E-state index in [1.165, 1.54) is 51.4 Å². The maximum atomic E-state index is 5.88. The third-order valence-electron chi connectivity index (χ3n) is 4.80. The van der Waals surface area contributed by atoms with Crippen molar-refractivity contribution in [2.24, 2.45) is 17.6 Å². The van der Waals surface area contributed by atoms with Crippen LogP contribution in [0.3, 0.4) is 0 Å². The number of hydrogen-bond acceptors (Lipinski definition) is 2. The van der Waals surface area contributed by atoms with Crippen LogP contribution in [0, 0.1) is 11.8 Å². The van der Waals surface area contributed by atoms with E-state index in [4.69, 9.17) is 5.73 Å². The lowest BCUT2D eigenvalue weighted by Crippen LogP contribution is -2.47. The minimum Gasteiger partial charge on any atom is -0.330 e. The molecule has 2 saturated carbocycles. The first-order valence-corrected chi connectivity index (χ1v) is 7.27. The Hall–Kier alpha value is -0.0800. The van der Waals surface area contributed by atoms with Gasteiger partial charge in [-0.15, -0.1) is 0 Å². The molecule has 3 atom stereocenters. The Balaban J connectivity index is 1.81. The normalized spacial score (nSPS) is 34.1. The Kier molecular flexibility index (Phi) is 4.66. The Bertz CT molecular complexity index is 199. The average Bonchev–Trinajstić information content (AvgIpc) is 2.83. The fourth-order valence-electron chi connectivity index (χ4n) is 3.64. The molecule has 0 aromatic carbocycles. The number of hydrogen-bond donors (Lipinski definition) is 2. The fourth-order valence-corrected chi connectivity index (χ4v) is 3.64. The summed E-state index contributed by atoms with van der Waals surface area (Å²) in [6.07, 6.45) is 11.2. The van der Waals surface area contributed by atoms with E-state index >= 15 is 0 Å². The van der Waals surface area contributed by atoms with E-state index in [0.29, 0.717) is 12.1 Å². The standard InChI is InChI=1S/C14H28N2/c1-11(12-6-2-3-7-12)16-14-9-5-4-8-13(14)10-15/h11-14,16H,2-10,15H2,1H3/t11-,13?,14?/m0/s1. The molecule has 0 heterocycles. The summed E-state index contributed by atoms with van der Waals surface area (Å²) in [7, 11) is 0. The van der Waals surface area contributed by atoms with Crippen molar-refractivity contribution < 1.29 is 0 Å². The molecule has 2 aliphatic carbocycles. The minimum absolute atomic E-state index is 0.703. The van der Waals surface area contributed by atoms with Gasteiger partial charge in [0.25, 0.3) is 0 Å². The fraction of sp³-hybridized carbons (Fsp3) is 1.00. The van der Waals surface area contributed by atoms with Crippen LogP contribution in [0.25, 0.3) is 0 Å². The van der Waals surface area contributed by atoms with Crippen LogP contribution in [-0.2, 0) is 0 Å². The van der Waals surface area contributed by atoms with Crippen LogP contribution in [0.15, 0.2) is 0 Å². The van der Waals surface area contributed by atoms with Gasteiger partial charge in [0.15, 0.2) is 0 Å². The second-order valence-electron chi connectivity index (χ2n) is 5.89. The minimum atomic E-state index is 0.703. The van der Waals surface area contributed by atoms with E-state index in [2.05, 4.69) is 12.2 Å². The maximum Gasteiger partial charge on any atom is 0.0110 e. The molecule has 16 heavy (non-hydrogen) atoms. The second-order valence-corrected chi connectivity index (χ2v) is 5.89. The summed E-state index contributed by atoms with van der Waals surface area (Å²) in [6.45, 7) is 3.26. The van der Waals surface area contributed by atoms with Crippen molar-refractivity contribution in [1.29, 1.82) is 0 Å². The highest BCUT2D eigenvalue weighted by Crippen LogP contribution is 2.30. The molecule has 0 radical (unpaired) electrons. The van der Waals surface area contributed by atoms with Gasteiger partial charge in [-0.3, -0.25) is 0 Å². The molecule has 0 saturated heterocycles. The zero-order valence-corrected chi connectivity index (χ0v) is 10.8. The molecule has 2 fully saturated rings. The summed E-state index contributed by atoms with van der Waals surface area (Å²) >= 11 is 0. The van der Waals surface area contributed by atoms with E-state index in [1.54, 1.807) is 0 Å². The van der Waals surface area contributed by atoms with Crippen molar-refractivity contribution in [3.05, 3.63) is 0 Å². The van der Waals surface area contributed by atoms with Gasteiger partial charge in [0.05, 0.1) is 0 Å². The van der Waals surface area contributed by atoms with Gasteiger partial charge in [0.1, 0.15) is 0 Å². The summed E-state index contributed by atoms with van der Waals surface area (Å²) in [4.78, 5) is 0. The topological polar surface area (TPSA) is 38.0 Å². The van der Waals surface area contributed by atoms with Crippen molar-refractivity contribution in [1.82, 2.24) is 5.32 Å². The molecule has 0 aromatic rings. The van der Waals surface area contributed by atoms with Crippen LogP contribution in [0.2, 0.25) is 0 Å². The molecule has 3 N–H and O–H groups in total. The molecule has 2 heteroatoms. The van der Waals surface area contributed by atoms with Gasteiger partial charge in [-0.1, -0.05) is 25.7 Å². The predicted molar refractivity (Wildman–Crippen MR) is 69.4 cm³/mol. The summed E-state index contributed by atoms with van der Waals surface area (Å²) in [5.41, 5.74) is 5.88. The molecule has 0 aromatic heterocycles. The molecule has 94 valence electrons. The molecule has 2 rings (SSSR count). The van der Waals surface area contributed by atoms with Gasteiger partial charge < -0.3 is 11.1 Å². The first-order valence-electron chi connectivity index (χ1n) is 7.27. The molecule has 2 nitrogen and oxygen atoms in total. The smallest absolute Gasteiger partial charge is 0.0110 e. The molecule has 0 bridgehead atoms. The molecule has 0 amide bonds. The van der Waals surface area contributed by atoms with E-state index < -0.39 is 0 Å². The van der Waals surface area contributed by atoms with Crippen LogP contribution in [0.5, 0.6) is 0 Å². The Morgan fingerprint density at radius 3 is 2.38 bits per heavy atom. The Morgan fingerprint density at radius 2 is 1.69 bits per heavy atom. The van der Waals surface area contributed by atoms with E-state index in [-0.39, 0.29) is 0 Å². The van der Waals surface area contributed by atoms with Crippen molar-refractivity contribution >= 4 is 0 Å². The summed E-state index contributed by atoms with van der Waals surface area (Å²) in [5, 5.41) is 3.88. The lowest BCUT2D eigenvalue weighted by molar-refractivity contribution is 0.227. The van der Waals surface area contributed by atoms with Crippen LogP contribution in [-0.4, -0.2) is 18.6 Å². The van der Waals surface area contributed by atoms with Crippen LogP contribution in [0.1, 0.15) is 58.3 Å². The monoisotopic (exact) mass is 224 g/mol. The van der Waals surface area contributed by atoms with Gasteiger partial charge in [0, 0.05) is 12.1 Å². The predicted octanol–water partition coefficient (Wildman–Crippen LogP) is 2.67. The van der Waals surface area contributed by atoms with Gasteiger partial charge in [-0.05, 0) is 51.0 Å². The SMILES string of the molecule is C[C@H](NC1CCCCC1CN)C1CCCC1. The van der Waals surface area contributed by atoms with Crippen molar-refractivity contribution in [2.45, 2.75) is 70.4 Å². The van der Waals surface area contributed by atoms with E-state index in [0.717, 1.165) is 18.4 Å². The molecule has 2 aliphatic rings. The van der Waals surface area contributed by atoms with Crippen LogP contribution in [0.4, 0.5) is 0 Å². The average molecular weight is 224 g/mol. The molecule has 0 spiro atoms. The summed E-state index contributed by atoms with van der Waals surface area (Å²) in [6, 6.07) is 1.41. The lowest BCUT2D eigenvalue weighted by atomic mass is 9.83. The summed E-state index contributed by atoms with van der Waals surface area (Å²) < 4.78 is 0. The number of nitrogens with one attached hydrogen (secondary N) is 1. The maximum absolute atomic E-state index is 5.88. The highest BCUT2D eigenvalue weighted by Gasteiger charge is 2.28. The van der Waals surface area contributed by atoms with E-state index in [9.17, 15) is 0 Å². The largest absolute Gasteiger partial charge is 0.330 e. The molecular weight excluding hydrogens is 196 g/mol. The summed E-state index contributed by atoms with van der Waals surface area (Å²) in [5.74, 6) is 1.66.